The average Bonchev–Trinajstić information content (AvgIpc) is 2.82. The van der Waals surface area contributed by atoms with Crippen LogP contribution in [-0.2, 0) is 11.2 Å². The lowest BCUT2D eigenvalue weighted by molar-refractivity contribution is 0.0854. The topological polar surface area (TPSA) is 60.2 Å². The van der Waals surface area contributed by atoms with E-state index < -0.39 is 0 Å². The molecule has 0 amide bonds. The SMILES string of the molecule is CCCC(OC)c1noc(CCC(C)NCC)n1. The molecule has 0 saturated heterocycles. The van der Waals surface area contributed by atoms with E-state index in [0.717, 1.165) is 32.2 Å². The van der Waals surface area contributed by atoms with Crippen LogP contribution in [0.3, 0.4) is 0 Å². The number of nitrogens with one attached hydrogen (secondary N) is 1. The van der Waals surface area contributed by atoms with Crippen LogP contribution >= 0.6 is 0 Å². The first-order valence-corrected chi connectivity index (χ1v) is 6.79. The number of rotatable bonds is 9. The number of aromatic nitrogens is 2. The minimum atomic E-state index is -0.0429. The van der Waals surface area contributed by atoms with Crippen molar-refractivity contribution in [2.75, 3.05) is 13.7 Å². The molecule has 1 heterocycles. The Morgan fingerprint density at radius 2 is 2.11 bits per heavy atom. The van der Waals surface area contributed by atoms with E-state index in [0.29, 0.717) is 17.8 Å². The van der Waals surface area contributed by atoms with Crippen LogP contribution in [0.5, 0.6) is 0 Å². The fraction of sp³-hybridized carbons (Fsp3) is 0.846. The summed E-state index contributed by atoms with van der Waals surface area (Å²) in [6.07, 6.45) is 3.73. The number of aryl methyl sites for hydroxylation is 1. The molecule has 0 aliphatic carbocycles. The molecule has 2 atom stereocenters. The quantitative estimate of drug-likeness (QED) is 0.734. The summed E-state index contributed by atoms with van der Waals surface area (Å²) in [5.41, 5.74) is 0. The van der Waals surface area contributed by atoms with E-state index in [4.69, 9.17) is 9.26 Å². The Morgan fingerprint density at radius 1 is 1.33 bits per heavy atom. The number of hydrogen-bond donors (Lipinski definition) is 1. The van der Waals surface area contributed by atoms with Crippen LogP contribution in [0, 0.1) is 0 Å². The fourth-order valence-corrected chi connectivity index (χ4v) is 1.91. The Labute approximate surface area is 109 Å². The van der Waals surface area contributed by atoms with Crippen molar-refractivity contribution in [1.82, 2.24) is 15.5 Å². The van der Waals surface area contributed by atoms with Gasteiger partial charge in [-0.05, 0) is 26.3 Å². The zero-order valence-corrected chi connectivity index (χ0v) is 11.9. The number of ether oxygens (including phenoxy) is 1. The number of nitrogens with zero attached hydrogens (tertiary/aromatic N) is 2. The molecule has 1 rings (SSSR count). The van der Waals surface area contributed by atoms with E-state index in [2.05, 4.69) is 36.2 Å². The van der Waals surface area contributed by atoms with Gasteiger partial charge >= 0.3 is 0 Å². The maximum Gasteiger partial charge on any atom is 0.226 e. The van der Waals surface area contributed by atoms with Gasteiger partial charge in [0.1, 0.15) is 6.10 Å². The van der Waals surface area contributed by atoms with Crippen LogP contribution in [0.4, 0.5) is 0 Å². The molecular formula is C13H25N3O2. The highest BCUT2D eigenvalue weighted by molar-refractivity contribution is 4.91. The Balaban J connectivity index is 2.47. The molecule has 0 aromatic carbocycles. The molecule has 1 N–H and O–H groups in total. The van der Waals surface area contributed by atoms with Gasteiger partial charge in [-0.25, -0.2) is 0 Å². The van der Waals surface area contributed by atoms with E-state index in [1.54, 1.807) is 7.11 Å². The Hall–Kier alpha value is -0.940. The predicted octanol–water partition coefficient (Wildman–Crippen LogP) is 2.49. The predicted molar refractivity (Wildman–Crippen MR) is 70.4 cm³/mol. The Bertz CT molecular complexity index is 328. The summed E-state index contributed by atoms with van der Waals surface area (Å²) in [7, 11) is 1.68. The number of methoxy groups -OCH3 is 1. The lowest BCUT2D eigenvalue weighted by Gasteiger charge is -2.09. The minimum Gasteiger partial charge on any atom is -0.373 e. The summed E-state index contributed by atoms with van der Waals surface area (Å²) in [6.45, 7) is 7.37. The van der Waals surface area contributed by atoms with Crippen molar-refractivity contribution in [2.24, 2.45) is 0 Å². The molecule has 18 heavy (non-hydrogen) atoms. The van der Waals surface area contributed by atoms with Crippen LogP contribution in [0.15, 0.2) is 4.52 Å². The van der Waals surface area contributed by atoms with Crippen molar-refractivity contribution in [2.45, 2.75) is 58.6 Å². The summed E-state index contributed by atoms with van der Waals surface area (Å²) < 4.78 is 10.6. The molecule has 0 aliphatic rings. The van der Waals surface area contributed by atoms with Gasteiger partial charge in [0, 0.05) is 19.6 Å². The second-order valence-corrected chi connectivity index (χ2v) is 4.56. The summed E-state index contributed by atoms with van der Waals surface area (Å²) in [4.78, 5) is 4.40. The monoisotopic (exact) mass is 255 g/mol. The fourth-order valence-electron chi connectivity index (χ4n) is 1.91. The molecule has 0 radical (unpaired) electrons. The van der Waals surface area contributed by atoms with Crippen molar-refractivity contribution in [3.63, 3.8) is 0 Å². The molecular weight excluding hydrogens is 230 g/mol. The van der Waals surface area contributed by atoms with Crippen LogP contribution < -0.4 is 5.32 Å². The summed E-state index contributed by atoms with van der Waals surface area (Å²) in [5.74, 6) is 1.37. The minimum absolute atomic E-state index is 0.0429. The average molecular weight is 255 g/mol. The number of hydrogen-bond acceptors (Lipinski definition) is 5. The normalized spacial score (nSPS) is 14.7. The highest BCUT2D eigenvalue weighted by Gasteiger charge is 2.17. The summed E-state index contributed by atoms with van der Waals surface area (Å²) in [5, 5.41) is 7.36. The van der Waals surface area contributed by atoms with Gasteiger partial charge in [0.05, 0.1) is 0 Å². The molecule has 5 nitrogen and oxygen atoms in total. The van der Waals surface area contributed by atoms with Gasteiger partial charge in [-0.1, -0.05) is 25.4 Å². The van der Waals surface area contributed by atoms with Gasteiger partial charge < -0.3 is 14.6 Å². The third-order valence-corrected chi connectivity index (χ3v) is 2.95. The zero-order chi connectivity index (χ0) is 13.4. The molecule has 0 spiro atoms. The molecule has 0 aliphatic heterocycles. The van der Waals surface area contributed by atoms with Crippen LogP contribution in [-0.4, -0.2) is 29.8 Å². The van der Waals surface area contributed by atoms with E-state index in [1.165, 1.54) is 0 Å². The zero-order valence-electron chi connectivity index (χ0n) is 11.9. The second kappa shape index (κ2) is 8.21. The molecule has 5 heteroatoms. The van der Waals surface area contributed by atoms with Gasteiger partial charge in [-0.3, -0.25) is 0 Å². The summed E-state index contributed by atoms with van der Waals surface area (Å²) >= 11 is 0. The first-order chi connectivity index (χ1) is 8.71. The van der Waals surface area contributed by atoms with E-state index >= 15 is 0 Å². The molecule has 1 aromatic heterocycles. The van der Waals surface area contributed by atoms with E-state index in [9.17, 15) is 0 Å². The maximum absolute atomic E-state index is 5.36. The molecule has 1 aromatic rings. The third-order valence-electron chi connectivity index (χ3n) is 2.95. The van der Waals surface area contributed by atoms with Gasteiger partial charge in [0.2, 0.25) is 11.7 Å². The van der Waals surface area contributed by atoms with Gasteiger partial charge in [-0.15, -0.1) is 0 Å². The van der Waals surface area contributed by atoms with Crippen molar-refractivity contribution in [3.05, 3.63) is 11.7 Å². The van der Waals surface area contributed by atoms with Gasteiger partial charge in [-0.2, -0.15) is 4.98 Å². The van der Waals surface area contributed by atoms with Crippen molar-refractivity contribution in [3.8, 4) is 0 Å². The van der Waals surface area contributed by atoms with E-state index in [-0.39, 0.29) is 6.10 Å². The van der Waals surface area contributed by atoms with Crippen LogP contribution in [0.2, 0.25) is 0 Å². The third kappa shape index (κ3) is 4.74. The first kappa shape index (κ1) is 15.1. The Morgan fingerprint density at radius 3 is 2.72 bits per heavy atom. The second-order valence-electron chi connectivity index (χ2n) is 4.56. The smallest absolute Gasteiger partial charge is 0.226 e. The van der Waals surface area contributed by atoms with Crippen LogP contribution in [0.1, 0.15) is 57.9 Å². The molecule has 0 bridgehead atoms. The van der Waals surface area contributed by atoms with Gasteiger partial charge in [0.25, 0.3) is 0 Å². The largest absolute Gasteiger partial charge is 0.373 e. The highest BCUT2D eigenvalue weighted by Crippen LogP contribution is 2.19. The van der Waals surface area contributed by atoms with Crippen LogP contribution in [0.25, 0.3) is 0 Å². The highest BCUT2D eigenvalue weighted by atomic mass is 16.5. The van der Waals surface area contributed by atoms with Gasteiger partial charge in [0.15, 0.2) is 0 Å². The molecule has 104 valence electrons. The van der Waals surface area contributed by atoms with E-state index in [1.807, 2.05) is 0 Å². The standard InChI is InChI=1S/C13H25N3O2/c1-5-7-11(17-4)13-15-12(18-16-13)9-8-10(3)14-6-2/h10-11,14H,5-9H2,1-4H3. The first-order valence-electron chi connectivity index (χ1n) is 6.79. The lowest BCUT2D eigenvalue weighted by atomic mass is 10.2. The molecule has 2 unspecified atom stereocenters. The van der Waals surface area contributed by atoms with Crippen molar-refractivity contribution < 1.29 is 9.26 Å². The maximum atomic E-state index is 5.36. The Kier molecular flexibility index (Phi) is 6.90. The molecule has 0 fully saturated rings. The van der Waals surface area contributed by atoms with Crippen molar-refractivity contribution in [1.29, 1.82) is 0 Å². The summed E-state index contributed by atoms with van der Waals surface area (Å²) in [6, 6.07) is 0.471. The lowest BCUT2D eigenvalue weighted by Crippen LogP contribution is -2.25. The molecule has 0 saturated carbocycles. The van der Waals surface area contributed by atoms with Crippen molar-refractivity contribution >= 4 is 0 Å².